The highest BCUT2D eigenvalue weighted by molar-refractivity contribution is 6.31. The molecule has 0 unspecified atom stereocenters. The van der Waals surface area contributed by atoms with Crippen LogP contribution < -0.4 is 10.1 Å². The molecule has 0 saturated carbocycles. The van der Waals surface area contributed by atoms with Crippen molar-refractivity contribution in [1.29, 1.82) is 0 Å². The van der Waals surface area contributed by atoms with Crippen molar-refractivity contribution in [3.63, 3.8) is 0 Å². The average Bonchev–Trinajstić information content (AvgIpc) is 2.53. The average molecular weight is 362 g/mol. The van der Waals surface area contributed by atoms with Crippen molar-refractivity contribution in [2.24, 2.45) is 0 Å². The second-order valence-corrected chi connectivity index (χ2v) is 5.29. The predicted molar refractivity (Wildman–Crippen MR) is 80.6 cm³/mol. The number of nitrogens with one attached hydrogen (secondary N) is 1. The molecule has 0 bridgehead atoms. The van der Waals surface area contributed by atoms with E-state index in [2.05, 4.69) is 10.1 Å². The number of benzene rings is 2. The maximum absolute atomic E-state index is 13.6. The fourth-order valence-corrected chi connectivity index (χ4v) is 1.99. The summed E-state index contributed by atoms with van der Waals surface area (Å²) in [4.78, 5) is 11.9. The lowest BCUT2D eigenvalue weighted by molar-refractivity contribution is -0.153. The number of alkyl halides is 3. The van der Waals surface area contributed by atoms with Crippen LogP contribution in [0.5, 0.6) is 5.75 Å². The molecule has 3 nitrogen and oxygen atoms in total. The first-order valence-electron chi connectivity index (χ1n) is 6.76. The molecular formula is C16H12ClF4NO2. The van der Waals surface area contributed by atoms with Crippen LogP contribution in [-0.4, -0.2) is 18.7 Å². The van der Waals surface area contributed by atoms with Gasteiger partial charge in [0.25, 0.3) is 5.91 Å². The molecule has 0 atom stereocenters. The molecule has 0 fully saturated rings. The van der Waals surface area contributed by atoms with Gasteiger partial charge < -0.3 is 10.1 Å². The topological polar surface area (TPSA) is 38.3 Å². The Bertz CT molecular complexity index is 717. The van der Waals surface area contributed by atoms with Gasteiger partial charge in [-0.25, -0.2) is 4.39 Å². The first-order valence-corrected chi connectivity index (χ1v) is 7.14. The van der Waals surface area contributed by atoms with Crippen molar-refractivity contribution in [3.8, 4) is 5.75 Å². The summed E-state index contributed by atoms with van der Waals surface area (Å²) in [5.41, 5.74) is 0.428. The predicted octanol–water partition coefficient (Wildman–Crippen LogP) is 4.35. The highest BCUT2D eigenvalue weighted by Crippen LogP contribution is 2.19. The molecule has 0 aliphatic heterocycles. The molecule has 2 rings (SSSR count). The number of halogens is 5. The van der Waals surface area contributed by atoms with Crippen molar-refractivity contribution >= 4 is 17.5 Å². The number of hydrogen-bond acceptors (Lipinski definition) is 2. The van der Waals surface area contributed by atoms with E-state index < -0.39 is 24.5 Å². The monoisotopic (exact) mass is 361 g/mol. The zero-order valence-corrected chi connectivity index (χ0v) is 12.9. The Morgan fingerprint density at radius 2 is 1.79 bits per heavy atom. The first-order chi connectivity index (χ1) is 11.2. The SMILES string of the molecule is O=C(NCc1ccc(OCC(F)(F)F)cc1)c1cc(Cl)ccc1F. The summed E-state index contributed by atoms with van der Waals surface area (Å²) in [6.07, 6.45) is -4.41. The summed E-state index contributed by atoms with van der Waals surface area (Å²) in [5.74, 6) is -1.29. The fourth-order valence-electron chi connectivity index (χ4n) is 1.82. The molecule has 2 aromatic rings. The van der Waals surface area contributed by atoms with Crippen LogP contribution in [0.1, 0.15) is 15.9 Å². The molecule has 1 N–H and O–H groups in total. The van der Waals surface area contributed by atoms with Gasteiger partial charge in [0.1, 0.15) is 11.6 Å². The molecule has 1 amide bonds. The van der Waals surface area contributed by atoms with Gasteiger partial charge in [0.2, 0.25) is 0 Å². The van der Waals surface area contributed by atoms with E-state index >= 15 is 0 Å². The second kappa shape index (κ2) is 7.53. The van der Waals surface area contributed by atoms with Gasteiger partial charge in [-0.3, -0.25) is 4.79 Å². The number of rotatable bonds is 5. The maximum atomic E-state index is 13.6. The van der Waals surface area contributed by atoms with E-state index in [1.807, 2.05) is 0 Å². The van der Waals surface area contributed by atoms with E-state index in [0.717, 1.165) is 6.07 Å². The molecule has 8 heteroatoms. The lowest BCUT2D eigenvalue weighted by Crippen LogP contribution is -2.23. The van der Waals surface area contributed by atoms with Gasteiger partial charge in [-0.05, 0) is 35.9 Å². The van der Waals surface area contributed by atoms with Gasteiger partial charge in [-0.1, -0.05) is 23.7 Å². The van der Waals surface area contributed by atoms with Crippen LogP contribution in [0, 0.1) is 5.82 Å². The van der Waals surface area contributed by atoms with E-state index in [0.29, 0.717) is 5.56 Å². The summed E-state index contributed by atoms with van der Waals surface area (Å²) in [6.45, 7) is -1.30. The quantitative estimate of drug-likeness (QED) is 0.804. The summed E-state index contributed by atoms with van der Waals surface area (Å²) >= 11 is 5.72. The molecule has 128 valence electrons. The minimum atomic E-state index is -4.41. The zero-order valence-electron chi connectivity index (χ0n) is 12.2. The highest BCUT2D eigenvalue weighted by atomic mass is 35.5. The Morgan fingerprint density at radius 3 is 2.42 bits per heavy atom. The third-order valence-electron chi connectivity index (χ3n) is 2.95. The molecule has 0 heterocycles. The van der Waals surface area contributed by atoms with Crippen molar-refractivity contribution in [2.75, 3.05) is 6.61 Å². The minimum Gasteiger partial charge on any atom is -0.484 e. The van der Waals surface area contributed by atoms with Crippen LogP contribution in [0.3, 0.4) is 0 Å². The Balaban J connectivity index is 1.92. The fraction of sp³-hybridized carbons (Fsp3) is 0.188. The third-order valence-corrected chi connectivity index (χ3v) is 3.19. The van der Waals surface area contributed by atoms with Crippen molar-refractivity contribution in [1.82, 2.24) is 5.32 Å². The summed E-state index contributed by atoms with van der Waals surface area (Å²) in [5, 5.41) is 2.73. The van der Waals surface area contributed by atoms with Crippen LogP contribution >= 0.6 is 11.6 Å². The van der Waals surface area contributed by atoms with Crippen LogP contribution in [0.4, 0.5) is 17.6 Å². The summed E-state index contributed by atoms with van der Waals surface area (Å²) in [6, 6.07) is 9.33. The van der Waals surface area contributed by atoms with Crippen LogP contribution in [-0.2, 0) is 6.54 Å². The minimum absolute atomic E-state index is 0.0586. The third kappa shape index (κ3) is 5.42. The maximum Gasteiger partial charge on any atom is 0.422 e. The van der Waals surface area contributed by atoms with E-state index in [9.17, 15) is 22.4 Å². The molecule has 0 aliphatic rings. The normalized spacial score (nSPS) is 11.2. The lowest BCUT2D eigenvalue weighted by atomic mass is 10.1. The van der Waals surface area contributed by atoms with Gasteiger partial charge in [0.15, 0.2) is 6.61 Å². The first kappa shape index (κ1) is 18.1. The molecule has 0 saturated heterocycles. The van der Waals surface area contributed by atoms with Gasteiger partial charge in [0, 0.05) is 11.6 Å². The highest BCUT2D eigenvalue weighted by Gasteiger charge is 2.28. The van der Waals surface area contributed by atoms with Crippen LogP contribution in [0.25, 0.3) is 0 Å². The number of carbonyl (C=O) groups is 1. The van der Waals surface area contributed by atoms with Crippen molar-refractivity contribution < 1.29 is 27.1 Å². The van der Waals surface area contributed by atoms with Crippen LogP contribution in [0.15, 0.2) is 42.5 Å². The molecule has 24 heavy (non-hydrogen) atoms. The molecular weight excluding hydrogens is 350 g/mol. The largest absolute Gasteiger partial charge is 0.484 e. The number of ether oxygens (including phenoxy) is 1. The molecule has 2 aromatic carbocycles. The number of amides is 1. The standard InChI is InChI=1S/C16H12ClF4NO2/c17-11-3-6-14(18)13(7-11)15(23)22-8-10-1-4-12(5-2-10)24-9-16(19,20)21/h1-7H,8-9H2,(H,22,23). The van der Waals surface area contributed by atoms with Gasteiger partial charge in [-0.2, -0.15) is 13.2 Å². The summed E-state index contributed by atoms with van der Waals surface area (Å²) in [7, 11) is 0. The molecule has 0 spiro atoms. The number of hydrogen-bond donors (Lipinski definition) is 1. The van der Waals surface area contributed by atoms with E-state index in [4.69, 9.17) is 11.6 Å². The van der Waals surface area contributed by atoms with Crippen molar-refractivity contribution in [3.05, 3.63) is 64.4 Å². The van der Waals surface area contributed by atoms with E-state index in [-0.39, 0.29) is 22.9 Å². The Kier molecular flexibility index (Phi) is 5.66. The smallest absolute Gasteiger partial charge is 0.422 e. The van der Waals surface area contributed by atoms with Crippen LogP contribution in [0.2, 0.25) is 5.02 Å². The Morgan fingerprint density at radius 1 is 1.12 bits per heavy atom. The zero-order chi connectivity index (χ0) is 17.7. The Labute approximate surface area is 140 Å². The molecule has 0 aliphatic carbocycles. The summed E-state index contributed by atoms with van der Waals surface area (Å²) < 4.78 is 54.2. The second-order valence-electron chi connectivity index (χ2n) is 4.85. The van der Waals surface area contributed by atoms with Gasteiger partial charge in [0.05, 0.1) is 5.56 Å². The van der Waals surface area contributed by atoms with Gasteiger partial charge in [-0.15, -0.1) is 0 Å². The van der Waals surface area contributed by atoms with Gasteiger partial charge >= 0.3 is 6.18 Å². The number of carbonyl (C=O) groups excluding carboxylic acids is 1. The van der Waals surface area contributed by atoms with E-state index in [1.165, 1.54) is 36.4 Å². The Hall–Kier alpha value is -2.28. The van der Waals surface area contributed by atoms with E-state index in [1.54, 1.807) is 0 Å². The lowest BCUT2D eigenvalue weighted by Gasteiger charge is -2.10. The van der Waals surface area contributed by atoms with Crippen molar-refractivity contribution in [2.45, 2.75) is 12.7 Å². The molecule has 0 aromatic heterocycles. The molecule has 0 radical (unpaired) electrons.